The minimum Gasteiger partial charge on any atom is -0.334 e. The van der Waals surface area contributed by atoms with Crippen molar-refractivity contribution >= 4 is 5.91 Å². The maximum atomic E-state index is 13.6. The van der Waals surface area contributed by atoms with Crippen molar-refractivity contribution in [1.82, 2.24) is 35.1 Å². The molecule has 0 N–H and O–H groups in total. The number of tetrazole rings is 1. The lowest BCUT2D eigenvalue weighted by Gasteiger charge is -2.28. The Morgan fingerprint density at radius 1 is 1.09 bits per heavy atom. The molecular weight excluding hydrogens is 421 g/mol. The quantitative estimate of drug-likeness (QED) is 0.430. The van der Waals surface area contributed by atoms with Gasteiger partial charge in [-0.3, -0.25) is 4.79 Å². The van der Waals surface area contributed by atoms with Crippen molar-refractivity contribution in [1.29, 1.82) is 0 Å². The van der Waals surface area contributed by atoms with Gasteiger partial charge in [-0.15, -0.1) is 10.2 Å². The summed E-state index contributed by atoms with van der Waals surface area (Å²) in [5.41, 5.74) is 2.89. The van der Waals surface area contributed by atoms with Crippen LogP contribution in [0.2, 0.25) is 0 Å². The SMILES string of the molecule is CCN(C(=O)c1cc(C)ccc1-c1ncccn1)[C@@H](C)Cn1nnc(-c2ccc(F)cc2)n1. The minimum atomic E-state index is -0.326. The Bertz CT molecular complexity index is 1240. The zero-order valence-corrected chi connectivity index (χ0v) is 18.7. The van der Waals surface area contributed by atoms with E-state index in [1.54, 1.807) is 35.5 Å². The van der Waals surface area contributed by atoms with Crippen LogP contribution in [0.5, 0.6) is 0 Å². The summed E-state index contributed by atoms with van der Waals surface area (Å²) in [5.74, 6) is 0.466. The number of halogens is 1. The van der Waals surface area contributed by atoms with E-state index in [0.29, 0.717) is 41.4 Å². The molecule has 2 aromatic carbocycles. The van der Waals surface area contributed by atoms with Gasteiger partial charge in [0.15, 0.2) is 5.82 Å². The van der Waals surface area contributed by atoms with Gasteiger partial charge in [-0.2, -0.15) is 4.80 Å². The van der Waals surface area contributed by atoms with E-state index in [1.165, 1.54) is 16.9 Å². The topological polar surface area (TPSA) is 89.7 Å². The van der Waals surface area contributed by atoms with Crippen LogP contribution in [0.1, 0.15) is 29.8 Å². The summed E-state index contributed by atoms with van der Waals surface area (Å²) in [6, 6.07) is 13.1. The molecule has 1 amide bonds. The van der Waals surface area contributed by atoms with Gasteiger partial charge in [-0.1, -0.05) is 17.7 Å². The standard InChI is InChI=1S/C24H24FN7O/c1-4-31(17(3)15-32-29-22(28-30-32)18-7-9-19(25)10-8-18)24(33)21-14-16(2)6-11-20(21)23-26-12-5-13-27-23/h5-14,17H,4,15H2,1-3H3/t17-/m0/s1. The van der Waals surface area contributed by atoms with E-state index >= 15 is 0 Å². The fourth-order valence-corrected chi connectivity index (χ4v) is 3.65. The zero-order valence-electron chi connectivity index (χ0n) is 18.7. The summed E-state index contributed by atoms with van der Waals surface area (Å²) in [6.45, 7) is 6.68. The van der Waals surface area contributed by atoms with Gasteiger partial charge in [0.25, 0.3) is 5.91 Å². The van der Waals surface area contributed by atoms with Crippen molar-refractivity contribution in [2.24, 2.45) is 0 Å². The second kappa shape index (κ2) is 9.64. The van der Waals surface area contributed by atoms with Crippen molar-refractivity contribution in [2.75, 3.05) is 6.54 Å². The van der Waals surface area contributed by atoms with Crippen molar-refractivity contribution in [2.45, 2.75) is 33.4 Å². The molecule has 0 fully saturated rings. The minimum absolute atomic E-state index is 0.116. The molecule has 0 aliphatic carbocycles. The van der Waals surface area contributed by atoms with Gasteiger partial charge in [0, 0.05) is 30.1 Å². The highest BCUT2D eigenvalue weighted by Gasteiger charge is 2.24. The van der Waals surface area contributed by atoms with Crippen molar-refractivity contribution in [3.8, 4) is 22.8 Å². The third kappa shape index (κ3) is 4.92. The molecular formula is C24H24FN7O. The predicted molar refractivity (Wildman–Crippen MR) is 122 cm³/mol. The molecule has 2 aromatic heterocycles. The van der Waals surface area contributed by atoms with Crippen LogP contribution < -0.4 is 0 Å². The first-order chi connectivity index (χ1) is 16.0. The highest BCUT2D eigenvalue weighted by atomic mass is 19.1. The van der Waals surface area contributed by atoms with Gasteiger partial charge in [0.05, 0.1) is 18.2 Å². The summed E-state index contributed by atoms with van der Waals surface area (Å²) >= 11 is 0. The van der Waals surface area contributed by atoms with Crippen LogP contribution in [0.4, 0.5) is 4.39 Å². The van der Waals surface area contributed by atoms with Crippen LogP contribution in [0, 0.1) is 12.7 Å². The molecule has 0 aliphatic heterocycles. The average Bonchev–Trinajstić information content (AvgIpc) is 3.28. The van der Waals surface area contributed by atoms with Crippen LogP contribution in [0.15, 0.2) is 60.9 Å². The normalized spacial score (nSPS) is 11.9. The van der Waals surface area contributed by atoms with Gasteiger partial charge in [-0.05, 0) is 62.4 Å². The number of likely N-dealkylation sites (N-methyl/N-ethyl adjacent to an activating group) is 1. The summed E-state index contributed by atoms with van der Waals surface area (Å²) in [4.78, 5) is 25.4. The average molecular weight is 446 g/mol. The molecule has 0 aliphatic rings. The number of rotatable bonds is 7. The smallest absolute Gasteiger partial charge is 0.254 e. The maximum Gasteiger partial charge on any atom is 0.254 e. The van der Waals surface area contributed by atoms with Gasteiger partial charge in [0.2, 0.25) is 5.82 Å². The summed E-state index contributed by atoms with van der Waals surface area (Å²) in [6.07, 6.45) is 3.32. The molecule has 9 heteroatoms. The lowest BCUT2D eigenvalue weighted by atomic mass is 10.0. The second-order valence-electron chi connectivity index (χ2n) is 7.74. The third-order valence-corrected chi connectivity index (χ3v) is 5.33. The van der Waals surface area contributed by atoms with Gasteiger partial charge in [-0.25, -0.2) is 14.4 Å². The Hall–Kier alpha value is -4.01. The Balaban J connectivity index is 1.56. The van der Waals surface area contributed by atoms with Gasteiger partial charge < -0.3 is 4.90 Å². The number of benzene rings is 2. The van der Waals surface area contributed by atoms with E-state index < -0.39 is 0 Å². The van der Waals surface area contributed by atoms with E-state index in [4.69, 9.17) is 0 Å². The highest BCUT2D eigenvalue weighted by molar-refractivity contribution is 6.00. The summed E-state index contributed by atoms with van der Waals surface area (Å²) < 4.78 is 13.2. The number of aromatic nitrogens is 6. The number of carbonyl (C=O) groups excluding carboxylic acids is 1. The number of hydrogen-bond acceptors (Lipinski definition) is 6. The monoisotopic (exact) mass is 445 g/mol. The van der Waals surface area contributed by atoms with E-state index in [9.17, 15) is 9.18 Å². The molecule has 168 valence electrons. The third-order valence-electron chi connectivity index (χ3n) is 5.33. The van der Waals surface area contributed by atoms with Crippen molar-refractivity contribution in [3.63, 3.8) is 0 Å². The molecule has 2 heterocycles. The van der Waals surface area contributed by atoms with E-state index in [2.05, 4.69) is 25.4 Å². The van der Waals surface area contributed by atoms with Crippen molar-refractivity contribution < 1.29 is 9.18 Å². The number of amides is 1. The number of carbonyl (C=O) groups is 1. The number of hydrogen-bond donors (Lipinski definition) is 0. The van der Waals surface area contributed by atoms with Crippen LogP contribution in [-0.2, 0) is 6.54 Å². The van der Waals surface area contributed by atoms with Gasteiger partial charge >= 0.3 is 0 Å². The predicted octanol–water partition coefficient (Wildman–Crippen LogP) is 3.80. The summed E-state index contributed by atoms with van der Waals surface area (Å²) in [7, 11) is 0. The molecule has 1 atom stereocenters. The van der Waals surface area contributed by atoms with Gasteiger partial charge in [0.1, 0.15) is 5.82 Å². The molecule has 4 rings (SSSR count). The Labute approximate surface area is 191 Å². The second-order valence-corrected chi connectivity index (χ2v) is 7.74. The van der Waals surface area contributed by atoms with Crippen LogP contribution in [0.25, 0.3) is 22.8 Å². The highest BCUT2D eigenvalue weighted by Crippen LogP contribution is 2.24. The molecule has 8 nitrogen and oxygen atoms in total. The first kappa shape index (κ1) is 22.2. The molecule has 0 radical (unpaired) electrons. The van der Waals surface area contributed by atoms with Crippen LogP contribution in [-0.4, -0.2) is 53.6 Å². The number of aryl methyl sites for hydroxylation is 1. The first-order valence-corrected chi connectivity index (χ1v) is 10.7. The van der Waals surface area contributed by atoms with Crippen LogP contribution in [0.3, 0.4) is 0 Å². The fraction of sp³-hybridized carbons (Fsp3) is 0.250. The largest absolute Gasteiger partial charge is 0.334 e. The molecule has 4 aromatic rings. The molecule has 33 heavy (non-hydrogen) atoms. The molecule has 0 saturated heterocycles. The molecule has 0 bridgehead atoms. The first-order valence-electron chi connectivity index (χ1n) is 10.7. The maximum absolute atomic E-state index is 13.6. The Morgan fingerprint density at radius 2 is 1.82 bits per heavy atom. The van der Waals surface area contributed by atoms with E-state index in [-0.39, 0.29) is 17.8 Å². The van der Waals surface area contributed by atoms with E-state index in [1.807, 2.05) is 39.0 Å². The van der Waals surface area contributed by atoms with Crippen LogP contribution >= 0.6 is 0 Å². The Kier molecular flexibility index (Phi) is 6.48. The molecule has 0 unspecified atom stereocenters. The number of nitrogens with zero attached hydrogens (tertiary/aromatic N) is 7. The Morgan fingerprint density at radius 3 is 2.52 bits per heavy atom. The lowest BCUT2D eigenvalue weighted by Crippen LogP contribution is -2.41. The molecule has 0 spiro atoms. The fourth-order valence-electron chi connectivity index (χ4n) is 3.65. The lowest BCUT2D eigenvalue weighted by molar-refractivity contribution is 0.0681. The summed E-state index contributed by atoms with van der Waals surface area (Å²) in [5, 5.41) is 12.6. The zero-order chi connectivity index (χ0) is 23.4. The molecule has 0 saturated carbocycles. The van der Waals surface area contributed by atoms with Crippen molar-refractivity contribution in [3.05, 3.63) is 77.9 Å². The van der Waals surface area contributed by atoms with E-state index in [0.717, 1.165) is 5.56 Å².